The Balaban J connectivity index is 1.61. The van der Waals surface area contributed by atoms with E-state index < -0.39 is 0 Å². The van der Waals surface area contributed by atoms with E-state index in [0.29, 0.717) is 18.0 Å². The number of carbonyl (C=O) groups is 1. The minimum atomic E-state index is -0.160. The molecule has 1 unspecified atom stereocenters. The van der Waals surface area contributed by atoms with E-state index in [1.807, 2.05) is 55.5 Å². The van der Waals surface area contributed by atoms with Crippen molar-refractivity contribution in [1.29, 1.82) is 0 Å². The highest BCUT2D eigenvalue weighted by atomic mass is 16.5. The number of allylic oxidation sites excluding steroid dienone is 1. The minimum absolute atomic E-state index is 0.0653. The fourth-order valence-electron chi connectivity index (χ4n) is 3.86. The molecule has 0 radical (unpaired) electrons. The summed E-state index contributed by atoms with van der Waals surface area (Å²) < 4.78 is 16.5. The quantitative estimate of drug-likeness (QED) is 0.623. The number of benzene rings is 2. The Morgan fingerprint density at radius 3 is 2.61 bits per heavy atom. The number of carbonyl (C=O) groups excluding carboxylic acids is 1. The molecule has 1 amide bonds. The summed E-state index contributed by atoms with van der Waals surface area (Å²) in [6.45, 7) is 4.48. The lowest BCUT2D eigenvalue weighted by Crippen LogP contribution is -2.38. The van der Waals surface area contributed by atoms with Crippen LogP contribution >= 0.6 is 0 Å². The second kappa shape index (κ2) is 11.4. The molecule has 1 N–H and O–H groups in total. The van der Waals surface area contributed by atoms with Gasteiger partial charge in [-0.3, -0.25) is 9.69 Å². The van der Waals surface area contributed by atoms with E-state index in [-0.39, 0.29) is 18.6 Å². The van der Waals surface area contributed by atoms with Crippen LogP contribution in [0.3, 0.4) is 0 Å². The first kappa shape index (κ1) is 22.7. The number of likely N-dealkylation sites (tertiary alicyclic amines) is 1. The first-order chi connectivity index (χ1) is 15.1. The number of ether oxygens (including phenoxy) is 3. The molecule has 0 aromatic heterocycles. The molecule has 1 aliphatic rings. The van der Waals surface area contributed by atoms with Crippen LogP contribution in [-0.4, -0.2) is 51.3 Å². The second-order valence-electron chi connectivity index (χ2n) is 7.54. The van der Waals surface area contributed by atoms with Crippen molar-refractivity contribution >= 4 is 12.0 Å². The minimum Gasteiger partial charge on any atom is -0.497 e. The van der Waals surface area contributed by atoms with Crippen molar-refractivity contribution < 1.29 is 19.0 Å². The summed E-state index contributed by atoms with van der Waals surface area (Å²) in [6, 6.07) is 13.8. The third kappa shape index (κ3) is 6.25. The summed E-state index contributed by atoms with van der Waals surface area (Å²) in [5, 5.41) is 3.04. The number of methoxy groups -OCH3 is 2. The van der Waals surface area contributed by atoms with E-state index in [1.165, 1.54) is 12.8 Å². The van der Waals surface area contributed by atoms with Crippen LogP contribution in [-0.2, 0) is 4.79 Å². The third-order valence-corrected chi connectivity index (χ3v) is 5.46. The maximum Gasteiger partial charge on any atom is 0.258 e. The van der Waals surface area contributed by atoms with Crippen molar-refractivity contribution in [2.45, 2.75) is 25.8 Å². The Morgan fingerprint density at radius 1 is 1.10 bits per heavy atom. The molecule has 1 heterocycles. The van der Waals surface area contributed by atoms with Crippen molar-refractivity contribution in [3.63, 3.8) is 0 Å². The lowest BCUT2D eigenvalue weighted by molar-refractivity contribution is -0.123. The normalized spacial score (nSPS) is 15.1. The standard InChI is InChI=1S/C25H32N2O4/c1-4-8-19-11-12-23(24(15-19)30-3)31-18-25(28)26-17-22(27-13-5-6-14-27)20-9-7-10-21(16-20)29-2/h4,7-12,15-16,22H,5-6,13-14,17-18H2,1-3H3,(H,26,28)/b8-4+. The molecule has 1 fully saturated rings. The first-order valence-electron chi connectivity index (χ1n) is 10.7. The highest BCUT2D eigenvalue weighted by molar-refractivity contribution is 5.77. The zero-order valence-electron chi connectivity index (χ0n) is 18.6. The van der Waals surface area contributed by atoms with Crippen molar-refractivity contribution in [3.8, 4) is 17.2 Å². The van der Waals surface area contributed by atoms with Gasteiger partial charge in [0, 0.05) is 6.54 Å². The summed E-state index contributed by atoms with van der Waals surface area (Å²) >= 11 is 0. The average Bonchev–Trinajstić information content (AvgIpc) is 3.33. The van der Waals surface area contributed by atoms with Gasteiger partial charge in [0.05, 0.1) is 20.3 Å². The summed E-state index contributed by atoms with van der Waals surface area (Å²) in [5.74, 6) is 1.82. The molecule has 31 heavy (non-hydrogen) atoms. The van der Waals surface area contributed by atoms with E-state index in [2.05, 4.69) is 16.3 Å². The molecule has 166 valence electrons. The largest absolute Gasteiger partial charge is 0.497 e. The van der Waals surface area contributed by atoms with Gasteiger partial charge in [-0.1, -0.05) is 30.4 Å². The van der Waals surface area contributed by atoms with Crippen LogP contribution in [0.15, 0.2) is 48.5 Å². The van der Waals surface area contributed by atoms with Gasteiger partial charge in [-0.05, 0) is 68.2 Å². The van der Waals surface area contributed by atoms with Crippen molar-refractivity contribution in [2.75, 3.05) is 40.5 Å². The zero-order chi connectivity index (χ0) is 22.1. The van der Waals surface area contributed by atoms with Gasteiger partial charge in [-0.2, -0.15) is 0 Å². The van der Waals surface area contributed by atoms with Crippen LogP contribution in [0.25, 0.3) is 6.08 Å². The smallest absolute Gasteiger partial charge is 0.258 e. The van der Waals surface area contributed by atoms with Crippen LogP contribution in [0.4, 0.5) is 0 Å². The Bertz CT molecular complexity index is 891. The molecule has 2 aromatic carbocycles. The molecule has 6 heteroatoms. The molecule has 6 nitrogen and oxygen atoms in total. The number of rotatable bonds is 10. The molecular weight excluding hydrogens is 392 g/mol. The van der Waals surface area contributed by atoms with Gasteiger partial charge in [0.2, 0.25) is 0 Å². The number of hydrogen-bond acceptors (Lipinski definition) is 5. The predicted octanol–water partition coefficient (Wildman–Crippen LogP) is 4.07. The third-order valence-electron chi connectivity index (χ3n) is 5.46. The Labute approximate surface area is 184 Å². The summed E-state index contributed by atoms with van der Waals surface area (Å²) in [4.78, 5) is 14.9. The van der Waals surface area contributed by atoms with E-state index in [9.17, 15) is 4.79 Å². The second-order valence-corrected chi connectivity index (χ2v) is 7.54. The van der Waals surface area contributed by atoms with Gasteiger partial charge in [0.25, 0.3) is 5.91 Å². The molecule has 0 bridgehead atoms. The number of nitrogens with zero attached hydrogens (tertiary/aromatic N) is 1. The fraction of sp³-hybridized carbons (Fsp3) is 0.400. The molecule has 1 atom stereocenters. The van der Waals surface area contributed by atoms with Crippen LogP contribution in [0.2, 0.25) is 0 Å². The number of nitrogens with one attached hydrogen (secondary N) is 1. The van der Waals surface area contributed by atoms with Gasteiger partial charge in [0.1, 0.15) is 5.75 Å². The number of amides is 1. The fourth-order valence-corrected chi connectivity index (χ4v) is 3.86. The Kier molecular flexibility index (Phi) is 8.35. The van der Waals surface area contributed by atoms with Gasteiger partial charge in [-0.15, -0.1) is 0 Å². The van der Waals surface area contributed by atoms with Crippen molar-refractivity contribution in [3.05, 3.63) is 59.7 Å². The molecule has 3 rings (SSSR count). The first-order valence-corrected chi connectivity index (χ1v) is 10.7. The predicted molar refractivity (Wildman–Crippen MR) is 123 cm³/mol. The summed E-state index contributed by atoms with van der Waals surface area (Å²) in [7, 11) is 3.26. The van der Waals surface area contributed by atoms with Crippen LogP contribution in [0.5, 0.6) is 17.2 Å². The number of hydrogen-bond donors (Lipinski definition) is 1. The van der Waals surface area contributed by atoms with Gasteiger partial charge in [-0.25, -0.2) is 0 Å². The molecule has 1 saturated heterocycles. The molecular formula is C25H32N2O4. The molecule has 1 aliphatic heterocycles. The average molecular weight is 425 g/mol. The summed E-state index contributed by atoms with van der Waals surface area (Å²) in [6.07, 6.45) is 6.30. The maximum atomic E-state index is 12.5. The lowest BCUT2D eigenvalue weighted by atomic mass is 10.0. The SMILES string of the molecule is C/C=C/c1ccc(OCC(=O)NCC(c2cccc(OC)c2)N2CCCC2)c(OC)c1. The van der Waals surface area contributed by atoms with Gasteiger partial charge >= 0.3 is 0 Å². The molecule has 0 aliphatic carbocycles. The van der Waals surface area contributed by atoms with Crippen LogP contribution in [0, 0.1) is 0 Å². The molecule has 2 aromatic rings. The van der Waals surface area contributed by atoms with Crippen molar-refractivity contribution in [2.24, 2.45) is 0 Å². The van der Waals surface area contributed by atoms with Crippen molar-refractivity contribution in [1.82, 2.24) is 10.2 Å². The molecule has 0 saturated carbocycles. The van der Waals surface area contributed by atoms with Gasteiger partial charge < -0.3 is 19.5 Å². The van der Waals surface area contributed by atoms with Gasteiger partial charge in [0.15, 0.2) is 18.1 Å². The maximum absolute atomic E-state index is 12.5. The zero-order valence-corrected chi connectivity index (χ0v) is 18.6. The van der Waals surface area contributed by atoms with E-state index in [4.69, 9.17) is 14.2 Å². The Hall–Kier alpha value is -2.99. The lowest BCUT2D eigenvalue weighted by Gasteiger charge is -2.28. The highest BCUT2D eigenvalue weighted by Gasteiger charge is 2.24. The monoisotopic (exact) mass is 424 g/mol. The topological polar surface area (TPSA) is 60.0 Å². The summed E-state index contributed by atoms with van der Waals surface area (Å²) in [5.41, 5.74) is 2.16. The van der Waals surface area contributed by atoms with E-state index in [1.54, 1.807) is 14.2 Å². The van der Waals surface area contributed by atoms with Crippen LogP contribution in [0.1, 0.15) is 36.9 Å². The highest BCUT2D eigenvalue weighted by Crippen LogP contribution is 2.29. The Morgan fingerprint density at radius 2 is 1.90 bits per heavy atom. The molecule has 0 spiro atoms. The van der Waals surface area contributed by atoms with Crippen LogP contribution < -0.4 is 19.5 Å². The van der Waals surface area contributed by atoms with E-state index in [0.717, 1.165) is 30.0 Å². The van der Waals surface area contributed by atoms with E-state index >= 15 is 0 Å².